The van der Waals surface area contributed by atoms with Gasteiger partial charge in [0.25, 0.3) is 11.8 Å². The van der Waals surface area contributed by atoms with Crippen LogP contribution in [0.1, 0.15) is 29.6 Å². The first-order valence-corrected chi connectivity index (χ1v) is 6.93. The fraction of sp³-hybridized carbons (Fsp3) is 0.357. The van der Waals surface area contributed by atoms with E-state index in [4.69, 9.17) is 15.1 Å². The molecule has 0 saturated carbocycles. The zero-order valence-corrected chi connectivity index (χ0v) is 12.2. The number of amides is 2. The lowest BCUT2D eigenvalue weighted by Crippen LogP contribution is -2.32. The van der Waals surface area contributed by atoms with Gasteiger partial charge < -0.3 is 9.57 Å². The standard InChI is InChI=1S/C14H14N4O5/c15-17-16-8-1-9-22-11-4-2-10(3-5-11)14(21)23-18-12(19)6-7-13(18)20/h2-5H,1,6-9H2. The normalized spacial score (nSPS) is 13.7. The summed E-state index contributed by atoms with van der Waals surface area (Å²) in [4.78, 5) is 42.1. The molecule has 9 nitrogen and oxygen atoms in total. The molecule has 0 aliphatic carbocycles. The topological polar surface area (TPSA) is 122 Å². The van der Waals surface area contributed by atoms with Crippen LogP contribution in [0.25, 0.3) is 10.4 Å². The molecule has 2 amide bonds. The van der Waals surface area contributed by atoms with Crippen molar-refractivity contribution in [2.45, 2.75) is 19.3 Å². The van der Waals surface area contributed by atoms with Gasteiger partial charge in [-0.25, -0.2) is 4.79 Å². The fourth-order valence-corrected chi connectivity index (χ4v) is 1.85. The van der Waals surface area contributed by atoms with E-state index in [1.807, 2.05) is 0 Å². The molecular formula is C14H14N4O5. The molecule has 23 heavy (non-hydrogen) atoms. The average Bonchev–Trinajstić information content (AvgIpc) is 2.87. The van der Waals surface area contributed by atoms with Crippen molar-refractivity contribution in [3.05, 3.63) is 40.3 Å². The Morgan fingerprint density at radius 1 is 1.22 bits per heavy atom. The predicted molar refractivity (Wildman–Crippen MR) is 77.1 cm³/mol. The minimum Gasteiger partial charge on any atom is -0.494 e. The number of carbonyl (C=O) groups excluding carboxylic acids is 3. The van der Waals surface area contributed by atoms with Crippen LogP contribution in [-0.4, -0.2) is 36.0 Å². The Bertz CT molecular complexity index is 636. The van der Waals surface area contributed by atoms with Gasteiger partial charge in [0, 0.05) is 24.3 Å². The van der Waals surface area contributed by atoms with Crippen molar-refractivity contribution in [1.29, 1.82) is 0 Å². The molecule has 0 aromatic heterocycles. The third-order valence-corrected chi connectivity index (χ3v) is 3.00. The van der Waals surface area contributed by atoms with E-state index in [9.17, 15) is 14.4 Å². The van der Waals surface area contributed by atoms with E-state index >= 15 is 0 Å². The summed E-state index contributed by atoms with van der Waals surface area (Å²) >= 11 is 0. The molecule has 1 fully saturated rings. The van der Waals surface area contributed by atoms with Crippen molar-refractivity contribution in [2.24, 2.45) is 5.11 Å². The molecule has 1 aliphatic rings. The van der Waals surface area contributed by atoms with Crippen molar-refractivity contribution in [2.75, 3.05) is 13.2 Å². The second-order valence-electron chi connectivity index (χ2n) is 4.64. The van der Waals surface area contributed by atoms with Crippen LogP contribution in [0.2, 0.25) is 0 Å². The minimum absolute atomic E-state index is 0.0503. The third kappa shape index (κ3) is 4.45. The Balaban J connectivity index is 1.86. The number of hydrogen-bond acceptors (Lipinski definition) is 6. The number of azide groups is 1. The predicted octanol–water partition coefficient (Wildman–Crippen LogP) is 1.99. The van der Waals surface area contributed by atoms with Crippen LogP contribution >= 0.6 is 0 Å². The molecule has 1 aromatic carbocycles. The van der Waals surface area contributed by atoms with Crippen LogP contribution in [0.4, 0.5) is 0 Å². The highest BCUT2D eigenvalue weighted by Crippen LogP contribution is 2.16. The number of rotatable bonds is 7. The monoisotopic (exact) mass is 318 g/mol. The Morgan fingerprint density at radius 2 is 1.87 bits per heavy atom. The van der Waals surface area contributed by atoms with Crippen molar-refractivity contribution in [3.63, 3.8) is 0 Å². The Kier molecular flexibility index (Phi) is 5.54. The largest absolute Gasteiger partial charge is 0.494 e. The number of imide groups is 1. The van der Waals surface area contributed by atoms with E-state index < -0.39 is 17.8 Å². The van der Waals surface area contributed by atoms with Crippen molar-refractivity contribution >= 4 is 17.8 Å². The number of carbonyl (C=O) groups is 3. The molecular weight excluding hydrogens is 304 g/mol. The van der Waals surface area contributed by atoms with Gasteiger partial charge in [0.05, 0.1) is 12.2 Å². The van der Waals surface area contributed by atoms with E-state index in [0.29, 0.717) is 30.4 Å². The molecule has 0 spiro atoms. The lowest BCUT2D eigenvalue weighted by molar-refractivity contribution is -0.172. The lowest BCUT2D eigenvalue weighted by atomic mass is 10.2. The molecule has 120 valence electrons. The third-order valence-electron chi connectivity index (χ3n) is 3.00. The number of hydrogen-bond donors (Lipinski definition) is 0. The second kappa shape index (κ2) is 7.81. The van der Waals surface area contributed by atoms with E-state index in [0.717, 1.165) is 0 Å². The first-order chi connectivity index (χ1) is 11.1. The second-order valence-corrected chi connectivity index (χ2v) is 4.64. The molecule has 0 atom stereocenters. The molecule has 1 heterocycles. The van der Waals surface area contributed by atoms with Crippen LogP contribution in [0, 0.1) is 0 Å². The van der Waals surface area contributed by atoms with Gasteiger partial charge >= 0.3 is 5.97 Å². The SMILES string of the molecule is [N-]=[N+]=NCCCOc1ccc(C(=O)ON2C(=O)CCC2=O)cc1. The maximum absolute atomic E-state index is 11.9. The Labute approximate surface area is 131 Å². The van der Waals surface area contributed by atoms with Gasteiger partial charge in [-0.3, -0.25) is 9.59 Å². The maximum Gasteiger partial charge on any atom is 0.363 e. The molecule has 9 heteroatoms. The lowest BCUT2D eigenvalue weighted by Gasteiger charge is -2.12. The quantitative estimate of drug-likeness (QED) is 0.250. The van der Waals surface area contributed by atoms with E-state index in [2.05, 4.69) is 10.0 Å². The maximum atomic E-state index is 11.9. The van der Waals surface area contributed by atoms with Gasteiger partial charge in [-0.1, -0.05) is 5.11 Å². The van der Waals surface area contributed by atoms with Crippen molar-refractivity contribution < 1.29 is 24.0 Å². The summed E-state index contributed by atoms with van der Waals surface area (Å²) in [7, 11) is 0. The Hall–Kier alpha value is -3.06. The molecule has 1 saturated heterocycles. The highest BCUT2D eigenvalue weighted by atomic mass is 16.7. The summed E-state index contributed by atoms with van der Waals surface area (Å²) in [6, 6.07) is 6.07. The van der Waals surface area contributed by atoms with Gasteiger partial charge in [0.2, 0.25) is 0 Å². The van der Waals surface area contributed by atoms with Crippen LogP contribution < -0.4 is 4.74 Å². The van der Waals surface area contributed by atoms with E-state index in [1.54, 1.807) is 12.1 Å². The molecule has 2 rings (SSSR count). The summed E-state index contributed by atoms with van der Waals surface area (Å²) in [5.41, 5.74) is 8.32. The van der Waals surface area contributed by atoms with E-state index in [-0.39, 0.29) is 18.4 Å². The van der Waals surface area contributed by atoms with Gasteiger partial charge in [-0.05, 0) is 36.2 Å². The summed E-state index contributed by atoms with van der Waals surface area (Å²) in [5.74, 6) is -1.30. The number of benzene rings is 1. The summed E-state index contributed by atoms with van der Waals surface area (Å²) in [6.07, 6.45) is 0.677. The molecule has 0 bridgehead atoms. The smallest absolute Gasteiger partial charge is 0.363 e. The van der Waals surface area contributed by atoms with Gasteiger partial charge in [0.1, 0.15) is 5.75 Å². The highest BCUT2D eigenvalue weighted by molar-refractivity contribution is 6.02. The van der Waals surface area contributed by atoms with Crippen LogP contribution in [0.15, 0.2) is 29.4 Å². The molecule has 0 unspecified atom stereocenters. The molecule has 0 N–H and O–H groups in total. The van der Waals surface area contributed by atoms with Crippen molar-refractivity contribution in [1.82, 2.24) is 5.06 Å². The van der Waals surface area contributed by atoms with Crippen LogP contribution in [0.5, 0.6) is 5.75 Å². The zero-order valence-electron chi connectivity index (χ0n) is 12.2. The van der Waals surface area contributed by atoms with Gasteiger partial charge in [-0.2, -0.15) is 0 Å². The number of ether oxygens (including phenoxy) is 1. The summed E-state index contributed by atoms with van der Waals surface area (Å²) in [5, 5.41) is 3.88. The molecule has 0 radical (unpaired) electrons. The highest BCUT2D eigenvalue weighted by Gasteiger charge is 2.33. The number of nitrogens with zero attached hydrogens (tertiary/aromatic N) is 4. The minimum atomic E-state index is -0.788. The zero-order chi connectivity index (χ0) is 16.7. The Morgan fingerprint density at radius 3 is 2.48 bits per heavy atom. The number of hydroxylamine groups is 2. The summed E-state index contributed by atoms with van der Waals surface area (Å²) in [6.45, 7) is 0.721. The van der Waals surface area contributed by atoms with E-state index in [1.165, 1.54) is 12.1 Å². The fourth-order valence-electron chi connectivity index (χ4n) is 1.85. The van der Waals surface area contributed by atoms with Crippen LogP contribution in [0.3, 0.4) is 0 Å². The van der Waals surface area contributed by atoms with Crippen molar-refractivity contribution in [3.8, 4) is 5.75 Å². The molecule has 1 aliphatic heterocycles. The van der Waals surface area contributed by atoms with Crippen LogP contribution in [-0.2, 0) is 14.4 Å². The van der Waals surface area contributed by atoms with Gasteiger partial charge in [0.15, 0.2) is 0 Å². The average molecular weight is 318 g/mol. The first-order valence-electron chi connectivity index (χ1n) is 6.93. The van der Waals surface area contributed by atoms with Gasteiger partial charge in [-0.15, -0.1) is 5.06 Å². The molecule has 1 aromatic rings. The first kappa shape index (κ1) is 16.3. The summed E-state index contributed by atoms with van der Waals surface area (Å²) < 4.78 is 5.40.